The SMILES string of the molecule is OC(CCCCC(O)(C(F)(F)C(F)(F)F)C(F)(C(F)(F)F)C(F)(F)F)(C(F)(F)C(F)(F)F)C(F)(C(F)(F)F)C(F)(F)F. The molecule has 0 amide bonds. The van der Waals surface area contributed by atoms with Gasteiger partial charge in [-0.15, -0.1) is 0 Å². The highest BCUT2D eigenvalue weighted by molar-refractivity contribution is 5.19. The van der Waals surface area contributed by atoms with Crippen LogP contribution in [0.25, 0.3) is 0 Å². The summed E-state index contributed by atoms with van der Waals surface area (Å²) in [6, 6.07) is 0. The molecule has 0 aromatic heterocycles. The van der Waals surface area contributed by atoms with E-state index in [1.807, 2.05) is 0 Å². The molecule has 0 fully saturated rings. The summed E-state index contributed by atoms with van der Waals surface area (Å²) >= 11 is 0. The Balaban J connectivity index is 7.21. The van der Waals surface area contributed by atoms with Gasteiger partial charge in [0.15, 0.2) is 11.2 Å². The molecular weight excluding hydrogens is 680 g/mol. The molecule has 0 aliphatic rings. The lowest BCUT2D eigenvalue weighted by molar-refractivity contribution is -0.446. The summed E-state index contributed by atoms with van der Waals surface area (Å²) in [6.07, 6.45) is -61.2. The monoisotopic (exact) mass is 690 g/mol. The van der Waals surface area contributed by atoms with Crippen molar-refractivity contribution in [1.82, 2.24) is 0 Å². The molecule has 2 N–H and O–H groups in total. The molecule has 2 atom stereocenters. The Morgan fingerprint density at radius 3 is 0.571 bits per heavy atom. The van der Waals surface area contributed by atoms with E-state index >= 15 is 0 Å². The van der Waals surface area contributed by atoms with Gasteiger partial charge in [-0.3, -0.25) is 0 Å². The normalized spacial score (nSPS) is 19.0. The molecule has 42 heavy (non-hydrogen) atoms. The number of hydrogen-bond acceptors (Lipinski definition) is 2. The summed E-state index contributed by atoms with van der Waals surface area (Å²) in [5, 5.41) is 18.6. The van der Waals surface area contributed by atoms with Gasteiger partial charge in [-0.1, -0.05) is 12.8 Å². The number of rotatable bonds is 9. The molecule has 0 aliphatic heterocycles. The topological polar surface area (TPSA) is 40.5 Å². The van der Waals surface area contributed by atoms with Gasteiger partial charge < -0.3 is 10.2 Å². The van der Waals surface area contributed by atoms with Gasteiger partial charge in [0.1, 0.15) is 0 Å². The van der Waals surface area contributed by atoms with Crippen LogP contribution in [-0.4, -0.2) is 81.7 Å². The van der Waals surface area contributed by atoms with E-state index in [4.69, 9.17) is 0 Å². The Morgan fingerprint density at radius 1 is 0.286 bits per heavy atom. The van der Waals surface area contributed by atoms with Crippen molar-refractivity contribution in [2.24, 2.45) is 0 Å². The van der Waals surface area contributed by atoms with Crippen molar-refractivity contribution in [2.45, 2.75) is 97.1 Å². The number of halogens is 24. The van der Waals surface area contributed by atoms with Crippen molar-refractivity contribution in [3.63, 3.8) is 0 Å². The zero-order valence-electron chi connectivity index (χ0n) is 18.8. The average molecular weight is 690 g/mol. The van der Waals surface area contributed by atoms with E-state index in [2.05, 4.69) is 0 Å². The molecular formula is C16H10F24O2. The third-order valence-corrected chi connectivity index (χ3v) is 5.78. The summed E-state index contributed by atoms with van der Waals surface area (Å²) in [4.78, 5) is 0. The van der Waals surface area contributed by atoms with E-state index in [1.165, 1.54) is 0 Å². The molecule has 0 aromatic carbocycles. The lowest BCUT2D eigenvalue weighted by Gasteiger charge is -2.48. The van der Waals surface area contributed by atoms with Gasteiger partial charge in [0.25, 0.3) is 0 Å². The second kappa shape index (κ2) is 10.4. The van der Waals surface area contributed by atoms with Crippen molar-refractivity contribution >= 4 is 0 Å². The van der Waals surface area contributed by atoms with Crippen LogP contribution in [0.1, 0.15) is 25.7 Å². The summed E-state index contributed by atoms with van der Waals surface area (Å²) in [5.41, 5.74) is -30.7. The van der Waals surface area contributed by atoms with Crippen LogP contribution in [0.3, 0.4) is 0 Å². The van der Waals surface area contributed by atoms with Gasteiger partial charge in [0.05, 0.1) is 0 Å². The van der Waals surface area contributed by atoms with Gasteiger partial charge in [0.2, 0.25) is 0 Å². The van der Waals surface area contributed by atoms with Crippen molar-refractivity contribution in [1.29, 1.82) is 0 Å². The fourth-order valence-corrected chi connectivity index (χ4v) is 3.58. The predicted octanol–water partition coefficient (Wildman–Crippen LogP) is 8.07. The highest BCUT2D eigenvalue weighted by Gasteiger charge is 2.92. The van der Waals surface area contributed by atoms with Gasteiger partial charge >= 0.3 is 60.2 Å². The Kier molecular flexibility index (Phi) is 9.97. The molecule has 0 aliphatic carbocycles. The van der Waals surface area contributed by atoms with Crippen molar-refractivity contribution in [3.05, 3.63) is 0 Å². The summed E-state index contributed by atoms with van der Waals surface area (Å²) in [5.74, 6) is -15.9. The average Bonchev–Trinajstić information content (AvgIpc) is 2.69. The van der Waals surface area contributed by atoms with E-state index < -0.39 is 97.1 Å². The molecule has 0 heterocycles. The molecule has 0 radical (unpaired) electrons. The molecule has 0 spiro atoms. The van der Waals surface area contributed by atoms with Crippen LogP contribution in [0.5, 0.6) is 0 Å². The first kappa shape index (κ1) is 40.2. The maximum atomic E-state index is 14.2. The molecule has 254 valence electrons. The van der Waals surface area contributed by atoms with E-state index in [0.717, 1.165) is 0 Å². The highest BCUT2D eigenvalue weighted by Crippen LogP contribution is 2.63. The van der Waals surface area contributed by atoms with Crippen LogP contribution < -0.4 is 0 Å². The van der Waals surface area contributed by atoms with Gasteiger partial charge in [-0.2, -0.15) is 96.6 Å². The van der Waals surface area contributed by atoms with Crippen LogP contribution in [0.15, 0.2) is 0 Å². The van der Waals surface area contributed by atoms with Crippen molar-refractivity contribution in [2.75, 3.05) is 0 Å². The first-order valence-corrected chi connectivity index (χ1v) is 9.69. The zero-order valence-corrected chi connectivity index (χ0v) is 18.8. The lowest BCUT2D eigenvalue weighted by Crippen LogP contribution is -2.77. The number of unbranched alkanes of at least 4 members (excludes halogenated alkanes) is 1. The Morgan fingerprint density at radius 2 is 0.452 bits per heavy atom. The summed E-state index contributed by atoms with van der Waals surface area (Å²) < 4.78 is 314. The first-order valence-electron chi connectivity index (χ1n) is 9.69. The first-order chi connectivity index (χ1) is 17.7. The fraction of sp³-hybridized carbons (Fsp3) is 1.00. The Labute approximate surface area is 214 Å². The third-order valence-electron chi connectivity index (χ3n) is 5.78. The smallest absolute Gasteiger partial charge is 0.379 e. The van der Waals surface area contributed by atoms with E-state index in [0.29, 0.717) is 0 Å². The third kappa shape index (κ3) is 5.61. The Bertz CT molecular complexity index is 827. The maximum Gasteiger partial charge on any atom is 0.456 e. The fourth-order valence-electron chi connectivity index (χ4n) is 3.58. The largest absolute Gasteiger partial charge is 0.456 e. The van der Waals surface area contributed by atoms with Crippen LogP contribution >= 0.6 is 0 Å². The van der Waals surface area contributed by atoms with Crippen molar-refractivity contribution < 1.29 is 116 Å². The van der Waals surface area contributed by atoms with E-state index in [9.17, 15) is 116 Å². The number of hydrogen-bond donors (Lipinski definition) is 2. The molecule has 0 bridgehead atoms. The number of alkyl halides is 24. The van der Waals surface area contributed by atoms with Gasteiger partial charge in [-0.25, -0.2) is 8.78 Å². The van der Waals surface area contributed by atoms with Crippen molar-refractivity contribution in [3.8, 4) is 0 Å². The second-order valence-corrected chi connectivity index (χ2v) is 8.38. The van der Waals surface area contributed by atoms with Crippen LogP contribution in [0, 0.1) is 0 Å². The predicted molar refractivity (Wildman–Crippen MR) is 82.3 cm³/mol. The molecule has 0 saturated heterocycles. The molecule has 2 nitrogen and oxygen atoms in total. The standard InChI is InChI=1S/C16H10F24O2/c17-7(11(23,24)25,12(26,27)28)5(41,9(19,20)15(35,36)37)3-1-2-4-6(42,10(21,22)16(38,39)40)8(18,13(29,30)31)14(32,33)34/h41-42H,1-4H2. The Hall–Kier alpha value is -1.76. The molecule has 26 heteroatoms. The summed E-state index contributed by atoms with van der Waals surface area (Å²) in [6.45, 7) is 0. The molecule has 2 unspecified atom stereocenters. The zero-order chi connectivity index (χ0) is 34.8. The summed E-state index contributed by atoms with van der Waals surface area (Å²) in [7, 11) is 0. The minimum atomic E-state index is -8.11. The molecule has 0 rings (SSSR count). The molecule has 0 aromatic rings. The van der Waals surface area contributed by atoms with Gasteiger partial charge in [0, 0.05) is 0 Å². The quantitative estimate of drug-likeness (QED) is 0.190. The van der Waals surface area contributed by atoms with Crippen LogP contribution in [0.4, 0.5) is 105 Å². The second-order valence-electron chi connectivity index (χ2n) is 8.38. The maximum absolute atomic E-state index is 14.2. The van der Waals surface area contributed by atoms with Crippen LogP contribution in [0.2, 0.25) is 0 Å². The molecule has 0 saturated carbocycles. The minimum absolute atomic E-state index is 2.96. The number of aliphatic hydroxyl groups is 2. The van der Waals surface area contributed by atoms with E-state index in [-0.39, 0.29) is 0 Å². The highest BCUT2D eigenvalue weighted by atomic mass is 19.5. The lowest BCUT2D eigenvalue weighted by atomic mass is 9.71. The van der Waals surface area contributed by atoms with E-state index in [1.54, 1.807) is 0 Å². The van der Waals surface area contributed by atoms with Gasteiger partial charge in [-0.05, 0) is 12.8 Å². The minimum Gasteiger partial charge on any atom is -0.379 e. The van der Waals surface area contributed by atoms with Crippen LogP contribution in [-0.2, 0) is 0 Å².